The van der Waals surface area contributed by atoms with Crippen LogP contribution in [0, 0.1) is 17.8 Å². The molecule has 1 atom stereocenters. The highest BCUT2D eigenvalue weighted by molar-refractivity contribution is 6.09. The van der Waals surface area contributed by atoms with Gasteiger partial charge < -0.3 is 26.6 Å². The fourth-order valence-corrected chi connectivity index (χ4v) is 6.57. The van der Waals surface area contributed by atoms with Crippen molar-refractivity contribution in [3.8, 4) is 11.1 Å². The Bertz CT molecular complexity index is 1490. The quantitative estimate of drug-likeness (QED) is 0.276. The summed E-state index contributed by atoms with van der Waals surface area (Å²) < 4.78 is 0. The van der Waals surface area contributed by atoms with Gasteiger partial charge in [-0.2, -0.15) is 0 Å². The van der Waals surface area contributed by atoms with Crippen molar-refractivity contribution in [2.45, 2.75) is 38.5 Å². The molecule has 2 aromatic carbocycles. The van der Waals surface area contributed by atoms with Crippen molar-refractivity contribution >= 4 is 34.8 Å². The molecule has 10 nitrogen and oxygen atoms in total. The molecule has 10 heteroatoms. The van der Waals surface area contributed by atoms with Gasteiger partial charge in [0.1, 0.15) is 5.78 Å². The third-order valence-corrected chi connectivity index (χ3v) is 9.26. The maximum absolute atomic E-state index is 13.7. The van der Waals surface area contributed by atoms with Gasteiger partial charge in [0.15, 0.2) is 5.78 Å². The molecule has 0 bridgehead atoms. The molecule has 5 N–H and O–H groups in total. The summed E-state index contributed by atoms with van der Waals surface area (Å²) in [6.07, 6.45) is 7.88. The summed E-state index contributed by atoms with van der Waals surface area (Å²) in [6, 6.07) is 13.3. The largest absolute Gasteiger partial charge is 0.377 e. The zero-order valence-electron chi connectivity index (χ0n) is 25.1. The summed E-state index contributed by atoms with van der Waals surface area (Å²) in [6.45, 7) is 4.52. The Morgan fingerprint density at radius 1 is 1.00 bits per heavy atom. The fourth-order valence-electron chi connectivity index (χ4n) is 6.57. The van der Waals surface area contributed by atoms with Crippen molar-refractivity contribution in [3.63, 3.8) is 0 Å². The van der Waals surface area contributed by atoms with Crippen LogP contribution in [-0.4, -0.2) is 66.7 Å². The maximum atomic E-state index is 13.7. The SMILES string of the molecule is NCC1CCC(C(=O)C[C@@H](Cc2cccc(-c3cnc(N4CCNCC4)nc3)c2)C(=O)Nc2ccc3c(c2)NCC3=O)CC1. The Hall–Kier alpha value is -4.15. The molecule has 3 heterocycles. The van der Waals surface area contributed by atoms with Gasteiger partial charge in [-0.15, -0.1) is 0 Å². The van der Waals surface area contributed by atoms with Crippen molar-refractivity contribution in [2.75, 3.05) is 54.8 Å². The van der Waals surface area contributed by atoms with Gasteiger partial charge in [-0.1, -0.05) is 24.3 Å². The minimum absolute atomic E-state index is 0.0269. The smallest absolute Gasteiger partial charge is 0.228 e. The zero-order chi connectivity index (χ0) is 30.5. The summed E-state index contributed by atoms with van der Waals surface area (Å²) >= 11 is 0. The van der Waals surface area contributed by atoms with E-state index in [2.05, 4.69) is 36.9 Å². The lowest BCUT2D eigenvalue weighted by molar-refractivity contribution is -0.129. The van der Waals surface area contributed by atoms with Crippen LogP contribution in [-0.2, 0) is 16.0 Å². The molecule has 3 aromatic rings. The average molecular weight is 596 g/mol. The summed E-state index contributed by atoms with van der Waals surface area (Å²) in [4.78, 5) is 50.7. The van der Waals surface area contributed by atoms with Gasteiger partial charge in [0.05, 0.1) is 6.54 Å². The third kappa shape index (κ3) is 6.97. The van der Waals surface area contributed by atoms with Crippen LogP contribution in [0.5, 0.6) is 0 Å². The minimum atomic E-state index is -0.542. The summed E-state index contributed by atoms with van der Waals surface area (Å²) in [5.74, 6) is 0.626. The van der Waals surface area contributed by atoms with E-state index >= 15 is 0 Å². The lowest BCUT2D eigenvalue weighted by atomic mass is 9.77. The number of ketones is 2. The molecule has 1 aromatic heterocycles. The Morgan fingerprint density at radius 2 is 1.77 bits per heavy atom. The van der Waals surface area contributed by atoms with E-state index in [-0.39, 0.29) is 36.4 Å². The molecule has 0 unspecified atom stereocenters. The molecule has 2 fully saturated rings. The maximum Gasteiger partial charge on any atom is 0.228 e. The number of Topliss-reactive ketones (excluding diaryl/α,β-unsaturated/α-hetero) is 2. The minimum Gasteiger partial charge on any atom is -0.377 e. The van der Waals surface area contributed by atoms with Gasteiger partial charge in [0, 0.05) is 79.3 Å². The molecular weight excluding hydrogens is 554 g/mol. The number of anilines is 3. The van der Waals surface area contributed by atoms with Crippen molar-refractivity contribution in [1.82, 2.24) is 15.3 Å². The molecule has 0 radical (unpaired) electrons. The van der Waals surface area contributed by atoms with Crippen LogP contribution in [0.15, 0.2) is 54.9 Å². The number of fused-ring (bicyclic) bond motifs is 1. The Labute approximate surface area is 258 Å². The highest BCUT2D eigenvalue weighted by Crippen LogP contribution is 2.32. The predicted octanol–water partition coefficient (Wildman–Crippen LogP) is 3.68. The summed E-state index contributed by atoms with van der Waals surface area (Å²) in [7, 11) is 0. The van der Waals surface area contributed by atoms with E-state index in [1.165, 1.54) is 0 Å². The third-order valence-electron chi connectivity index (χ3n) is 9.26. The highest BCUT2D eigenvalue weighted by atomic mass is 16.2. The van der Waals surface area contributed by atoms with Crippen LogP contribution in [0.4, 0.5) is 17.3 Å². The first-order valence-electron chi connectivity index (χ1n) is 15.8. The van der Waals surface area contributed by atoms with E-state index in [0.29, 0.717) is 30.1 Å². The average Bonchev–Trinajstić information content (AvgIpc) is 3.44. The molecule has 2 aliphatic heterocycles. The van der Waals surface area contributed by atoms with E-state index in [9.17, 15) is 14.4 Å². The number of rotatable bonds is 10. The number of nitrogens with one attached hydrogen (secondary N) is 3. The number of amides is 1. The number of nitrogens with zero attached hydrogens (tertiary/aromatic N) is 3. The topological polar surface area (TPSA) is 142 Å². The molecule has 1 saturated heterocycles. The van der Waals surface area contributed by atoms with Crippen molar-refractivity contribution in [3.05, 3.63) is 66.0 Å². The summed E-state index contributed by atoms with van der Waals surface area (Å²) in [5.41, 5.74) is 10.7. The number of hydrogen-bond donors (Lipinski definition) is 4. The highest BCUT2D eigenvalue weighted by Gasteiger charge is 2.30. The fraction of sp³-hybridized carbons (Fsp3) is 0.441. The number of hydrogen-bond acceptors (Lipinski definition) is 9. The van der Waals surface area contributed by atoms with Crippen molar-refractivity contribution in [1.29, 1.82) is 0 Å². The molecule has 3 aliphatic rings. The van der Waals surface area contributed by atoms with Crippen LogP contribution in [0.25, 0.3) is 11.1 Å². The Balaban J connectivity index is 1.18. The van der Waals surface area contributed by atoms with Gasteiger partial charge in [-0.25, -0.2) is 9.97 Å². The molecule has 6 rings (SSSR count). The molecular formula is C34H41N7O3. The standard InChI is InChI=1S/C34H41N7O3/c35-18-22-4-6-24(7-5-22)31(42)16-26(33(44)40-28-8-9-29-30(17-28)37-21-32(29)43)15-23-2-1-3-25(14-23)27-19-38-34(39-20-27)41-12-10-36-11-13-41/h1-3,8-9,14,17,19-20,22,24,26,36-37H,4-7,10-13,15-16,18,21,35H2,(H,40,44)/t22?,24?,26-/m1/s1. The van der Waals surface area contributed by atoms with Crippen LogP contribution >= 0.6 is 0 Å². The first kappa shape index (κ1) is 29.9. The molecule has 1 saturated carbocycles. The number of nitrogens with two attached hydrogens (primary N) is 1. The molecule has 1 aliphatic carbocycles. The molecule has 1 amide bonds. The van der Waals surface area contributed by atoms with Crippen molar-refractivity contribution in [2.24, 2.45) is 23.5 Å². The lowest BCUT2D eigenvalue weighted by Gasteiger charge is -2.28. The second-order valence-corrected chi connectivity index (χ2v) is 12.3. The van der Waals surface area contributed by atoms with Crippen LogP contribution in [0.2, 0.25) is 0 Å². The number of carbonyl (C=O) groups excluding carboxylic acids is 3. The van der Waals surface area contributed by atoms with Crippen molar-refractivity contribution < 1.29 is 14.4 Å². The Kier molecular flexibility index (Phi) is 9.28. The number of carbonyl (C=O) groups is 3. The molecule has 230 valence electrons. The van der Waals surface area contributed by atoms with Crippen LogP contribution < -0.4 is 26.6 Å². The first-order valence-corrected chi connectivity index (χ1v) is 15.8. The van der Waals surface area contributed by atoms with Gasteiger partial charge in [-0.05, 0) is 73.9 Å². The number of benzene rings is 2. The van der Waals surface area contributed by atoms with Gasteiger partial charge in [-0.3, -0.25) is 14.4 Å². The Morgan fingerprint density at radius 3 is 2.52 bits per heavy atom. The number of piperazine rings is 1. The second kappa shape index (κ2) is 13.7. The zero-order valence-corrected chi connectivity index (χ0v) is 25.1. The first-order chi connectivity index (χ1) is 21.5. The second-order valence-electron chi connectivity index (χ2n) is 12.3. The lowest BCUT2D eigenvalue weighted by Crippen LogP contribution is -2.44. The van der Waals surface area contributed by atoms with Gasteiger partial charge >= 0.3 is 0 Å². The molecule has 44 heavy (non-hydrogen) atoms. The van der Waals surface area contributed by atoms with Gasteiger partial charge in [0.2, 0.25) is 11.9 Å². The van der Waals surface area contributed by atoms with Crippen LogP contribution in [0.1, 0.15) is 48.0 Å². The van der Waals surface area contributed by atoms with Gasteiger partial charge in [0.25, 0.3) is 0 Å². The normalized spacial score (nSPS) is 20.5. The van der Waals surface area contributed by atoms with E-state index in [1.54, 1.807) is 18.2 Å². The van der Waals surface area contributed by atoms with E-state index in [0.717, 1.165) is 80.2 Å². The number of aromatic nitrogens is 2. The van der Waals surface area contributed by atoms with Crippen LogP contribution in [0.3, 0.4) is 0 Å². The molecule has 0 spiro atoms. The van der Waals surface area contributed by atoms with E-state index < -0.39 is 5.92 Å². The monoisotopic (exact) mass is 595 g/mol. The van der Waals surface area contributed by atoms with E-state index in [1.807, 2.05) is 30.6 Å². The predicted molar refractivity (Wildman–Crippen MR) is 172 cm³/mol. The van der Waals surface area contributed by atoms with E-state index in [4.69, 9.17) is 5.73 Å². The summed E-state index contributed by atoms with van der Waals surface area (Å²) in [5, 5.41) is 9.45.